The third-order valence-electron chi connectivity index (χ3n) is 4.24. The number of nitrogens with one attached hydrogen (secondary N) is 2. The van der Waals surface area contributed by atoms with E-state index in [0.717, 1.165) is 36.4 Å². The molecule has 0 bridgehead atoms. The van der Waals surface area contributed by atoms with Crippen LogP contribution in [-0.4, -0.2) is 25.5 Å². The van der Waals surface area contributed by atoms with Gasteiger partial charge in [-0.3, -0.25) is 4.79 Å². The minimum absolute atomic E-state index is 0.0550. The van der Waals surface area contributed by atoms with E-state index in [-0.39, 0.29) is 5.91 Å². The highest BCUT2D eigenvalue weighted by atomic mass is 35.5. The molecule has 0 saturated carbocycles. The number of carbonyl (C=O) groups excluding carboxylic acids is 1. The lowest BCUT2D eigenvalue weighted by Gasteiger charge is -2.24. The van der Waals surface area contributed by atoms with Crippen molar-refractivity contribution in [2.45, 2.75) is 20.4 Å². The first-order valence-electron chi connectivity index (χ1n) is 8.15. The molecule has 5 heteroatoms. The first kappa shape index (κ1) is 16.8. The molecule has 2 aromatic rings. The average molecular weight is 344 g/mol. The maximum Gasteiger partial charge on any atom is 0.243 e. The van der Waals surface area contributed by atoms with Crippen molar-refractivity contribution in [3.05, 3.63) is 58.1 Å². The Morgan fingerprint density at radius 1 is 1.29 bits per heavy atom. The Morgan fingerprint density at radius 3 is 2.88 bits per heavy atom. The number of carbonyl (C=O) groups is 1. The van der Waals surface area contributed by atoms with Gasteiger partial charge in [0.1, 0.15) is 0 Å². The van der Waals surface area contributed by atoms with Crippen molar-refractivity contribution in [2.75, 3.05) is 29.9 Å². The molecule has 0 aliphatic carbocycles. The summed E-state index contributed by atoms with van der Waals surface area (Å²) in [5.41, 5.74) is 5.10. The van der Waals surface area contributed by atoms with E-state index in [4.69, 9.17) is 11.6 Å². The Kier molecular flexibility index (Phi) is 5.07. The van der Waals surface area contributed by atoms with Gasteiger partial charge in [0.15, 0.2) is 0 Å². The lowest BCUT2D eigenvalue weighted by Crippen LogP contribution is -2.36. The molecule has 1 aliphatic rings. The number of hydrogen-bond donors (Lipinski definition) is 2. The second-order valence-corrected chi connectivity index (χ2v) is 6.62. The highest BCUT2D eigenvalue weighted by Gasteiger charge is 2.18. The summed E-state index contributed by atoms with van der Waals surface area (Å²) in [7, 11) is 0. The number of benzene rings is 2. The van der Waals surface area contributed by atoms with Crippen molar-refractivity contribution < 1.29 is 4.79 Å². The van der Waals surface area contributed by atoms with E-state index in [1.807, 2.05) is 38.1 Å². The normalized spacial score (nSPS) is 14.0. The van der Waals surface area contributed by atoms with Gasteiger partial charge < -0.3 is 15.5 Å². The summed E-state index contributed by atoms with van der Waals surface area (Å²) in [5, 5.41) is 6.94. The van der Waals surface area contributed by atoms with E-state index in [0.29, 0.717) is 17.3 Å². The number of fused-ring (bicyclic) bond motifs is 1. The van der Waals surface area contributed by atoms with Crippen LogP contribution in [0, 0.1) is 13.8 Å². The lowest BCUT2D eigenvalue weighted by atomic mass is 10.1. The van der Waals surface area contributed by atoms with E-state index in [1.165, 1.54) is 5.56 Å². The first-order valence-corrected chi connectivity index (χ1v) is 8.52. The zero-order chi connectivity index (χ0) is 17.1. The lowest BCUT2D eigenvalue weighted by molar-refractivity contribution is -0.115. The number of hydrogen-bond acceptors (Lipinski definition) is 3. The maximum atomic E-state index is 12.6. The van der Waals surface area contributed by atoms with Gasteiger partial charge in [0.2, 0.25) is 5.91 Å². The smallest absolute Gasteiger partial charge is 0.243 e. The molecule has 0 atom stereocenters. The zero-order valence-electron chi connectivity index (χ0n) is 14.0. The van der Waals surface area contributed by atoms with Crippen molar-refractivity contribution in [3.8, 4) is 0 Å². The third-order valence-corrected chi connectivity index (χ3v) is 4.53. The molecule has 0 radical (unpaired) electrons. The van der Waals surface area contributed by atoms with Crippen LogP contribution in [0.15, 0.2) is 36.4 Å². The molecule has 1 amide bonds. The van der Waals surface area contributed by atoms with Gasteiger partial charge in [0.05, 0.1) is 17.3 Å². The Hall–Kier alpha value is -2.04. The molecule has 4 nitrogen and oxygen atoms in total. The highest BCUT2D eigenvalue weighted by Crippen LogP contribution is 2.27. The molecule has 0 unspecified atom stereocenters. The van der Waals surface area contributed by atoms with Gasteiger partial charge in [-0.1, -0.05) is 35.9 Å². The second-order valence-electron chi connectivity index (χ2n) is 6.21. The summed E-state index contributed by atoms with van der Waals surface area (Å²) < 4.78 is 0. The van der Waals surface area contributed by atoms with Crippen molar-refractivity contribution in [3.63, 3.8) is 0 Å². The number of amides is 1. The summed E-state index contributed by atoms with van der Waals surface area (Å²) in [6.45, 7) is 6.74. The zero-order valence-corrected chi connectivity index (χ0v) is 14.8. The van der Waals surface area contributed by atoms with Crippen LogP contribution in [-0.2, 0) is 11.3 Å². The second kappa shape index (κ2) is 7.24. The monoisotopic (exact) mass is 343 g/mol. The summed E-state index contributed by atoms with van der Waals surface area (Å²) in [6, 6.07) is 12.1. The van der Waals surface area contributed by atoms with Crippen LogP contribution in [0.25, 0.3) is 0 Å². The number of nitrogens with zero attached hydrogens (tertiary/aromatic N) is 1. The molecule has 0 fully saturated rings. The van der Waals surface area contributed by atoms with Crippen LogP contribution in [0.5, 0.6) is 0 Å². The van der Waals surface area contributed by atoms with Gasteiger partial charge >= 0.3 is 0 Å². The van der Waals surface area contributed by atoms with Crippen LogP contribution < -0.4 is 15.5 Å². The Labute approximate surface area is 147 Å². The molecule has 24 heavy (non-hydrogen) atoms. The van der Waals surface area contributed by atoms with Crippen molar-refractivity contribution >= 4 is 28.9 Å². The molecule has 3 rings (SSSR count). The summed E-state index contributed by atoms with van der Waals surface area (Å²) in [6.07, 6.45) is 0. The van der Waals surface area contributed by atoms with E-state index in [1.54, 1.807) is 0 Å². The molecule has 1 heterocycles. The fraction of sp³-hybridized carbons (Fsp3) is 0.316. The average Bonchev–Trinajstić information content (AvgIpc) is 2.73. The van der Waals surface area contributed by atoms with Crippen LogP contribution >= 0.6 is 11.6 Å². The van der Waals surface area contributed by atoms with E-state index < -0.39 is 0 Å². The van der Waals surface area contributed by atoms with Gasteiger partial charge in [0.25, 0.3) is 0 Å². The topological polar surface area (TPSA) is 44.4 Å². The van der Waals surface area contributed by atoms with Gasteiger partial charge in [0, 0.05) is 25.3 Å². The van der Waals surface area contributed by atoms with Crippen molar-refractivity contribution in [1.29, 1.82) is 0 Å². The number of rotatable bonds is 3. The molecule has 0 spiro atoms. The predicted octanol–water partition coefficient (Wildman–Crippen LogP) is 3.51. The number of aryl methyl sites for hydroxylation is 2. The number of halogens is 1. The minimum Gasteiger partial charge on any atom is -0.361 e. The molecule has 0 saturated heterocycles. The maximum absolute atomic E-state index is 12.6. The van der Waals surface area contributed by atoms with Gasteiger partial charge in [-0.25, -0.2) is 0 Å². The molecule has 2 aromatic carbocycles. The minimum atomic E-state index is -0.0550. The molecular weight excluding hydrogens is 322 g/mol. The summed E-state index contributed by atoms with van der Waals surface area (Å²) in [5.74, 6) is -0.0550. The molecule has 1 aliphatic heterocycles. The Bertz CT molecular complexity index is 737. The largest absolute Gasteiger partial charge is 0.361 e. The molecule has 126 valence electrons. The van der Waals surface area contributed by atoms with Gasteiger partial charge in [-0.15, -0.1) is 0 Å². The number of anilines is 2. The van der Waals surface area contributed by atoms with Crippen molar-refractivity contribution in [2.24, 2.45) is 0 Å². The summed E-state index contributed by atoms with van der Waals surface area (Å²) >= 11 is 6.29. The van der Waals surface area contributed by atoms with E-state index in [2.05, 4.69) is 27.7 Å². The van der Waals surface area contributed by atoms with Gasteiger partial charge in [-0.05, 0) is 42.7 Å². The predicted molar refractivity (Wildman–Crippen MR) is 99.9 cm³/mol. The third kappa shape index (κ3) is 3.71. The summed E-state index contributed by atoms with van der Waals surface area (Å²) in [4.78, 5) is 14.7. The van der Waals surface area contributed by atoms with Crippen LogP contribution in [0.3, 0.4) is 0 Å². The molecule has 0 aromatic heterocycles. The van der Waals surface area contributed by atoms with Crippen LogP contribution in [0.2, 0.25) is 5.02 Å². The first-order chi connectivity index (χ1) is 11.5. The molecular formula is C19H22ClN3O. The highest BCUT2D eigenvalue weighted by molar-refractivity contribution is 6.34. The van der Waals surface area contributed by atoms with E-state index >= 15 is 0 Å². The van der Waals surface area contributed by atoms with Crippen LogP contribution in [0.4, 0.5) is 11.4 Å². The van der Waals surface area contributed by atoms with Crippen LogP contribution in [0.1, 0.15) is 16.7 Å². The van der Waals surface area contributed by atoms with Gasteiger partial charge in [-0.2, -0.15) is 0 Å². The fourth-order valence-electron chi connectivity index (χ4n) is 3.12. The Balaban J connectivity index is 1.76. The molecule has 2 N–H and O–H groups in total. The quantitative estimate of drug-likeness (QED) is 0.896. The SMILES string of the molecule is Cc1cc(C)c(NC(=O)CN2CCNCc3ccccc32)c(Cl)c1. The van der Waals surface area contributed by atoms with Crippen molar-refractivity contribution in [1.82, 2.24) is 5.32 Å². The number of para-hydroxylation sites is 1. The van der Waals surface area contributed by atoms with E-state index in [9.17, 15) is 4.79 Å². The Morgan fingerprint density at radius 2 is 2.08 bits per heavy atom. The standard InChI is InChI=1S/C19H22ClN3O/c1-13-9-14(2)19(16(20)10-13)22-18(24)12-23-8-7-21-11-15-5-3-4-6-17(15)23/h3-6,9-10,21H,7-8,11-12H2,1-2H3,(H,22,24). The fourth-order valence-corrected chi connectivity index (χ4v) is 3.49.